The summed E-state index contributed by atoms with van der Waals surface area (Å²) in [5.74, 6) is 5.10. The first-order valence-electron chi connectivity index (χ1n) is 4.74. The number of aliphatic hydroxyl groups excluding tert-OH is 1. The summed E-state index contributed by atoms with van der Waals surface area (Å²) in [6, 6.07) is 1.76. The number of hydrogen-bond acceptors (Lipinski definition) is 4. The molecule has 0 atom stereocenters. The van der Waals surface area contributed by atoms with Crippen molar-refractivity contribution >= 4 is 17.2 Å². The predicted octanol–water partition coefficient (Wildman–Crippen LogP) is 0.468. The van der Waals surface area contributed by atoms with E-state index in [1.807, 2.05) is 0 Å². The van der Waals surface area contributed by atoms with Crippen molar-refractivity contribution in [2.75, 3.05) is 26.9 Å². The largest absolute Gasteiger partial charge is 0.384 e. The lowest BCUT2D eigenvalue weighted by Crippen LogP contribution is -2.26. The summed E-state index contributed by atoms with van der Waals surface area (Å²) in [5, 5.41) is 13.1. The van der Waals surface area contributed by atoms with E-state index >= 15 is 0 Å². The van der Waals surface area contributed by atoms with Gasteiger partial charge in [-0.1, -0.05) is 11.8 Å². The van der Waals surface area contributed by atoms with Gasteiger partial charge in [0.1, 0.15) is 11.5 Å². The Hall–Kier alpha value is -1.35. The molecule has 0 aliphatic carbocycles. The number of rotatable bonds is 4. The Morgan fingerprint density at radius 1 is 1.69 bits per heavy atom. The minimum Gasteiger partial charge on any atom is -0.384 e. The van der Waals surface area contributed by atoms with Crippen LogP contribution in [-0.4, -0.2) is 37.9 Å². The molecule has 16 heavy (non-hydrogen) atoms. The van der Waals surface area contributed by atoms with Crippen LogP contribution in [0, 0.1) is 11.8 Å². The Balaban J connectivity index is 2.64. The topological polar surface area (TPSA) is 58.6 Å². The second-order valence-electron chi connectivity index (χ2n) is 2.87. The first kappa shape index (κ1) is 12.7. The number of hydrogen-bond donors (Lipinski definition) is 2. The minimum atomic E-state index is -0.208. The number of methoxy groups -OCH3 is 1. The lowest BCUT2D eigenvalue weighted by molar-refractivity contribution is 0.0941. The number of aliphatic hydroxyl groups is 1. The van der Waals surface area contributed by atoms with Crippen LogP contribution in [0.3, 0.4) is 0 Å². The van der Waals surface area contributed by atoms with Crippen LogP contribution >= 0.6 is 11.3 Å². The Morgan fingerprint density at radius 2 is 2.50 bits per heavy atom. The maximum absolute atomic E-state index is 11.7. The van der Waals surface area contributed by atoms with E-state index in [4.69, 9.17) is 9.84 Å². The number of thiophene rings is 1. The van der Waals surface area contributed by atoms with Crippen molar-refractivity contribution in [1.29, 1.82) is 0 Å². The highest BCUT2D eigenvalue weighted by Crippen LogP contribution is 2.15. The maximum Gasteiger partial charge on any atom is 0.262 e. The molecule has 0 aliphatic rings. The molecule has 0 fully saturated rings. The summed E-state index contributed by atoms with van der Waals surface area (Å²) in [6.45, 7) is 0.745. The highest BCUT2D eigenvalue weighted by atomic mass is 32.1. The molecule has 0 saturated heterocycles. The van der Waals surface area contributed by atoms with E-state index in [1.54, 1.807) is 18.6 Å². The van der Waals surface area contributed by atoms with E-state index in [2.05, 4.69) is 17.2 Å². The van der Waals surface area contributed by atoms with Gasteiger partial charge >= 0.3 is 0 Å². The quantitative estimate of drug-likeness (QED) is 0.593. The van der Waals surface area contributed by atoms with Crippen LogP contribution < -0.4 is 5.32 Å². The Labute approximate surface area is 98.2 Å². The third-order valence-electron chi connectivity index (χ3n) is 1.77. The van der Waals surface area contributed by atoms with Crippen LogP contribution in [-0.2, 0) is 4.74 Å². The zero-order valence-electron chi connectivity index (χ0n) is 8.95. The van der Waals surface area contributed by atoms with Gasteiger partial charge in [0, 0.05) is 19.2 Å². The third kappa shape index (κ3) is 3.66. The van der Waals surface area contributed by atoms with Crippen molar-refractivity contribution in [3.05, 3.63) is 21.9 Å². The number of nitrogens with one attached hydrogen (secondary N) is 1. The molecular formula is C11H13NO3S. The third-order valence-corrected chi connectivity index (χ3v) is 2.68. The van der Waals surface area contributed by atoms with Crippen molar-refractivity contribution in [3.8, 4) is 11.8 Å². The number of carbonyl (C=O) groups is 1. The summed E-state index contributed by atoms with van der Waals surface area (Å²) in [7, 11) is 1.58. The zero-order valence-corrected chi connectivity index (χ0v) is 9.76. The number of carbonyl (C=O) groups excluding carboxylic acids is 1. The van der Waals surface area contributed by atoms with Gasteiger partial charge in [0.2, 0.25) is 0 Å². The zero-order chi connectivity index (χ0) is 11.8. The second-order valence-corrected chi connectivity index (χ2v) is 3.79. The second kappa shape index (κ2) is 7.01. The van der Waals surface area contributed by atoms with Gasteiger partial charge in [-0.05, 0) is 11.4 Å². The summed E-state index contributed by atoms with van der Waals surface area (Å²) < 4.78 is 4.83. The van der Waals surface area contributed by atoms with E-state index in [-0.39, 0.29) is 12.5 Å². The van der Waals surface area contributed by atoms with Crippen LogP contribution in [0.1, 0.15) is 15.2 Å². The maximum atomic E-state index is 11.7. The van der Waals surface area contributed by atoms with Gasteiger partial charge in [0.25, 0.3) is 5.91 Å². The SMILES string of the molecule is COCCNC(=O)c1sccc1C#CCO. The van der Waals surface area contributed by atoms with Crippen molar-refractivity contribution in [3.63, 3.8) is 0 Å². The molecule has 0 radical (unpaired) electrons. The molecule has 0 unspecified atom stereocenters. The first-order valence-corrected chi connectivity index (χ1v) is 5.62. The lowest BCUT2D eigenvalue weighted by Gasteiger charge is -2.02. The Morgan fingerprint density at radius 3 is 3.19 bits per heavy atom. The summed E-state index contributed by atoms with van der Waals surface area (Å²) in [6.07, 6.45) is 0. The van der Waals surface area contributed by atoms with Gasteiger partial charge in [-0.2, -0.15) is 0 Å². The fraction of sp³-hybridized carbons (Fsp3) is 0.364. The Kier molecular flexibility index (Phi) is 5.57. The average Bonchev–Trinajstić information content (AvgIpc) is 2.74. The Bertz CT molecular complexity index is 403. The van der Waals surface area contributed by atoms with Crippen molar-refractivity contribution < 1.29 is 14.6 Å². The normalized spacial score (nSPS) is 9.38. The predicted molar refractivity (Wildman–Crippen MR) is 62.5 cm³/mol. The van der Waals surface area contributed by atoms with E-state index < -0.39 is 0 Å². The van der Waals surface area contributed by atoms with Crippen molar-refractivity contribution in [2.45, 2.75) is 0 Å². The smallest absolute Gasteiger partial charge is 0.262 e. The van der Waals surface area contributed by atoms with Crippen LogP contribution in [0.4, 0.5) is 0 Å². The van der Waals surface area contributed by atoms with Crippen LogP contribution in [0.25, 0.3) is 0 Å². The molecule has 0 aromatic carbocycles. The molecule has 86 valence electrons. The fourth-order valence-electron chi connectivity index (χ4n) is 1.07. The molecule has 0 aliphatic heterocycles. The first-order chi connectivity index (χ1) is 7.79. The molecule has 0 bridgehead atoms. The van der Waals surface area contributed by atoms with Crippen molar-refractivity contribution in [2.24, 2.45) is 0 Å². The lowest BCUT2D eigenvalue weighted by atomic mass is 10.2. The van der Waals surface area contributed by atoms with Gasteiger partial charge in [-0.15, -0.1) is 11.3 Å². The van der Waals surface area contributed by atoms with Gasteiger partial charge in [-0.25, -0.2) is 0 Å². The van der Waals surface area contributed by atoms with E-state index in [0.717, 1.165) is 0 Å². The molecule has 4 nitrogen and oxygen atoms in total. The van der Waals surface area contributed by atoms with E-state index in [9.17, 15) is 4.79 Å². The summed E-state index contributed by atoms with van der Waals surface area (Å²) >= 11 is 1.33. The van der Waals surface area contributed by atoms with Gasteiger partial charge in [0.15, 0.2) is 0 Å². The molecule has 5 heteroatoms. The van der Waals surface area contributed by atoms with Gasteiger partial charge in [0.05, 0.1) is 6.61 Å². The minimum absolute atomic E-state index is 0.158. The molecule has 1 aromatic rings. The van der Waals surface area contributed by atoms with E-state index in [0.29, 0.717) is 23.6 Å². The van der Waals surface area contributed by atoms with Crippen LogP contribution in [0.2, 0.25) is 0 Å². The summed E-state index contributed by atoms with van der Waals surface area (Å²) in [4.78, 5) is 12.2. The highest BCUT2D eigenvalue weighted by molar-refractivity contribution is 7.12. The van der Waals surface area contributed by atoms with Crippen molar-refractivity contribution in [1.82, 2.24) is 5.32 Å². The highest BCUT2D eigenvalue weighted by Gasteiger charge is 2.10. The molecular weight excluding hydrogens is 226 g/mol. The summed E-state index contributed by atoms with van der Waals surface area (Å²) in [5.41, 5.74) is 0.647. The molecule has 1 amide bonds. The number of ether oxygens (including phenoxy) is 1. The standard InChI is InChI=1S/C11H13NO3S/c1-15-7-5-12-11(14)10-9(3-2-6-13)4-8-16-10/h4,8,13H,5-7H2,1H3,(H,12,14). The fourth-order valence-corrected chi connectivity index (χ4v) is 1.83. The van der Waals surface area contributed by atoms with Gasteiger partial charge in [-0.3, -0.25) is 4.79 Å². The van der Waals surface area contributed by atoms with Gasteiger partial charge < -0.3 is 15.2 Å². The van der Waals surface area contributed by atoms with E-state index in [1.165, 1.54) is 11.3 Å². The monoisotopic (exact) mass is 239 g/mol. The molecule has 0 spiro atoms. The number of amides is 1. The van der Waals surface area contributed by atoms with Crippen LogP contribution in [0.5, 0.6) is 0 Å². The molecule has 2 N–H and O–H groups in total. The average molecular weight is 239 g/mol. The van der Waals surface area contributed by atoms with Crippen LogP contribution in [0.15, 0.2) is 11.4 Å². The molecule has 1 aromatic heterocycles. The molecule has 1 rings (SSSR count). The molecule has 1 heterocycles. The molecule has 0 saturated carbocycles.